The number of rotatable bonds is 6. The fourth-order valence-electron chi connectivity index (χ4n) is 1.13. The van der Waals surface area contributed by atoms with Crippen molar-refractivity contribution in [1.29, 1.82) is 0 Å². The summed E-state index contributed by atoms with van der Waals surface area (Å²) < 4.78 is 4.80. The summed E-state index contributed by atoms with van der Waals surface area (Å²) >= 11 is 1.12. The second-order valence-corrected chi connectivity index (χ2v) is 4.23. The number of unbranched alkanes of at least 4 members (excludes halogenated alkanes) is 1. The van der Waals surface area contributed by atoms with E-state index in [2.05, 4.69) is 10.3 Å². The first kappa shape index (κ1) is 13.6. The van der Waals surface area contributed by atoms with E-state index in [9.17, 15) is 9.59 Å². The van der Waals surface area contributed by atoms with Gasteiger partial charge in [0.05, 0.1) is 6.61 Å². The molecular formula is C11H16N2O3S. The summed E-state index contributed by atoms with van der Waals surface area (Å²) in [4.78, 5) is 26.9. The van der Waals surface area contributed by atoms with E-state index in [0.717, 1.165) is 24.2 Å². The molecule has 17 heavy (non-hydrogen) atoms. The molecule has 94 valence electrons. The number of ether oxygens (including phenoxy) is 1. The predicted octanol–water partition coefficient (Wildman–Crippen LogP) is 1.85. The molecule has 0 bridgehead atoms. The van der Waals surface area contributed by atoms with Crippen LogP contribution < -0.4 is 5.32 Å². The molecular weight excluding hydrogens is 240 g/mol. The van der Waals surface area contributed by atoms with Crippen LogP contribution in [0.3, 0.4) is 0 Å². The highest BCUT2D eigenvalue weighted by Crippen LogP contribution is 2.11. The molecule has 6 heteroatoms. The van der Waals surface area contributed by atoms with Gasteiger partial charge in [0, 0.05) is 11.9 Å². The Hall–Kier alpha value is -1.43. The number of nitrogens with one attached hydrogen (secondary N) is 1. The summed E-state index contributed by atoms with van der Waals surface area (Å²) in [6.45, 7) is 4.70. The minimum atomic E-state index is -0.481. The summed E-state index contributed by atoms with van der Waals surface area (Å²) in [5.41, 5.74) is 0.272. The van der Waals surface area contributed by atoms with E-state index in [-0.39, 0.29) is 16.6 Å². The van der Waals surface area contributed by atoms with Gasteiger partial charge in [0.2, 0.25) is 5.01 Å². The van der Waals surface area contributed by atoms with Crippen LogP contribution >= 0.6 is 11.3 Å². The van der Waals surface area contributed by atoms with Crippen LogP contribution in [0, 0.1) is 0 Å². The normalized spacial score (nSPS) is 10.0. The molecule has 0 spiro atoms. The lowest BCUT2D eigenvalue weighted by Crippen LogP contribution is -2.24. The number of carbonyl (C=O) groups is 2. The smallest absolute Gasteiger partial charge is 0.367 e. The van der Waals surface area contributed by atoms with Crippen molar-refractivity contribution in [3.63, 3.8) is 0 Å². The van der Waals surface area contributed by atoms with E-state index in [1.165, 1.54) is 0 Å². The first-order valence-corrected chi connectivity index (χ1v) is 6.47. The van der Waals surface area contributed by atoms with Crippen molar-refractivity contribution in [1.82, 2.24) is 10.3 Å². The molecule has 1 aromatic heterocycles. The van der Waals surface area contributed by atoms with Gasteiger partial charge in [0.25, 0.3) is 5.91 Å². The van der Waals surface area contributed by atoms with E-state index < -0.39 is 5.97 Å². The maximum atomic E-state index is 11.6. The summed E-state index contributed by atoms with van der Waals surface area (Å²) in [6, 6.07) is 0. The van der Waals surface area contributed by atoms with E-state index in [1.54, 1.807) is 12.3 Å². The van der Waals surface area contributed by atoms with Gasteiger partial charge in [-0.1, -0.05) is 13.3 Å². The van der Waals surface area contributed by atoms with Gasteiger partial charge in [-0.2, -0.15) is 0 Å². The maximum absolute atomic E-state index is 11.6. The Morgan fingerprint density at radius 3 is 2.88 bits per heavy atom. The molecule has 0 aliphatic rings. The SMILES string of the molecule is CCCCNC(=O)c1csc(C(=O)OCC)n1. The number of thiazole rings is 1. The van der Waals surface area contributed by atoms with Crippen molar-refractivity contribution >= 4 is 23.2 Å². The number of nitrogens with zero attached hydrogens (tertiary/aromatic N) is 1. The van der Waals surface area contributed by atoms with Gasteiger partial charge in [-0.15, -0.1) is 11.3 Å². The molecule has 0 radical (unpaired) electrons. The Morgan fingerprint density at radius 1 is 1.47 bits per heavy atom. The zero-order valence-corrected chi connectivity index (χ0v) is 10.8. The van der Waals surface area contributed by atoms with Crippen LogP contribution in [0.4, 0.5) is 0 Å². The molecule has 0 fully saturated rings. The number of esters is 1. The second kappa shape index (κ2) is 7.01. The molecule has 0 saturated heterocycles. The average Bonchev–Trinajstić information content (AvgIpc) is 2.79. The summed E-state index contributed by atoms with van der Waals surface area (Å²) in [5, 5.41) is 4.52. The highest BCUT2D eigenvalue weighted by Gasteiger charge is 2.15. The summed E-state index contributed by atoms with van der Waals surface area (Å²) in [7, 11) is 0. The van der Waals surface area contributed by atoms with Gasteiger partial charge < -0.3 is 10.1 Å². The van der Waals surface area contributed by atoms with Crippen LogP contribution in [0.25, 0.3) is 0 Å². The van der Waals surface area contributed by atoms with Gasteiger partial charge in [-0.05, 0) is 13.3 Å². The first-order valence-electron chi connectivity index (χ1n) is 5.59. The zero-order valence-electron chi connectivity index (χ0n) is 9.99. The van der Waals surface area contributed by atoms with E-state index in [1.807, 2.05) is 6.92 Å². The standard InChI is InChI=1S/C11H16N2O3S/c1-3-5-6-12-9(14)8-7-17-10(13-8)11(15)16-4-2/h7H,3-6H2,1-2H3,(H,12,14). The minimum absolute atomic E-state index is 0.215. The fraction of sp³-hybridized carbons (Fsp3) is 0.545. The lowest BCUT2D eigenvalue weighted by Gasteiger charge is -2.00. The van der Waals surface area contributed by atoms with Gasteiger partial charge in [0.1, 0.15) is 5.69 Å². The van der Waals surface area contributed by atoms with Crippen LogP contribution in [-0.4, -0.2) is 30.0 Å². The Morgan fingerprint density at radius 2 is 2.24 bits per heavy atom. The molecule has 0 saturated carbocycles. The highest BCUT2D eigenvalue weighted by molar-refractivity contribution is 7.11. The third kappa shape index (κ3) is 4.14. The second-order valence-electron chi connectivity index (χ2n) is 3.37. The number of aromatic nitrogens is 1. The van der Waals surface area contributed by atoms with Gasteiger partial charge in [-0.25, -0.2) is 9.78 Å². The average molecular weight is 256 g/mol. The molecule has 1 rings (SSSR count). The van der Waals surface area contributed by atoms with Crippen LogP contribution in [0.2, 0.25) is 0 Å². The van der Waals surface area contributed by atoms with Crippen molar-refractivity contribution in [3.8, 4) is 0 Å². The predicted molar refractivity (Wildman–Crippen MR) is 65.3 cm³/mol. The first-order chi connectivity index (χ1) is 8.19. The Bertz CT molecular complexity index is 390. The third-order valence-electron chi connectivity index (χ3n) is 2.00. The fourth-order valence-corrected chi connectivity index (χ4v) is 1.82. The summed E-state index contributed by atoms with van der Waals surface area (Å²) in [6.07, 6.45) is 1.95. The van der Waals surface area contributed by atoms with Crippen LogP contribution in [-0.2, 0) is 4.74 Å². The molecule has 5 nitrogen and oxygen atoms in total. The Labute approximate surface area is 104 Å². The third-order valence-corrected chi connectivity index (χ3v) is 2.83. The molecule has 0 aliphatic carbocycles. The number of hydrogen-bond donors (Lipinski definition) is 1. The molecule has 1 amide bonds. The number of carbonyl (C=O) groups excluding carboxylic acids is 2. The van der Waals surface area contributed by atoms with Crippen molar-refractivity contribution in [2.45, 2.75) is 26.7 Å². The monoisotopic (exact) mass is 256 g/mol. The minimum Gasteiger partial charge on any atom is -0.461 e. The molecule has 0 unspecified atom stereocenters. The van der Waals surface area contributed by atoms with Crippen molar-refractivity contribution < 1.29 is 14.3 Å². The molecule has 1 heterocycles. The van der Waals surface area contributed by atoms with Gasteiger partial charge >= 0.3 is 5.97 Å². The Kier molecular flexibility index (Phi) is 5.62. The quantitative estimate of drug-likeness (QED) is 0.623. The van der Waals surface area contributed by atoms with Crippen LogP contribution in [0.15, 0.2) is 5.38 Å². The van der Waals surface area contributed by atoms with E-state index >= 15 is 0 Å². The van der Waals surface area contributed by atoms with Crippen molar-refractivity contribution in [2.24, 2.45) is 0 Å². The van der Waals surface area contributed by atoms with E-state index in [4.69, 9.17) is 4.74 Å². The highest BCUT2D eigenvalue weighted by atomic mass is 32.1. The molecule has 1 N–H and O–H groups in total. The topological polar surface area (TPSA) is 68.3 Å². The largest absolute Gasteiger partial charge is 0.461 e. The van der Waals surface area contributed by atoms with Crippen LogP contribution in [0.5, 0.6) is 0 Å². The number of hydrogen-bond acceptors (Lipinski definition) is 5. The number of amides is 1. The van der Waals surface area contributed by atoms with Crippen molar-refractivity contribution in [3.05, 3.63) is 16.1 Å². The van der Waals surface area contributed by atoms with Gasteiger partial charge in [0.15, 0.2) is 0 Å². The van der Waals surface area contributed by atoms with Gasteiger partial charge in [-0.3, -0.25) is 4.79 Å². The van der Waals surface area contributed by atoms with Crippen molar-refractivity contribution in [2.75, 3.05) is 13.2 Å². The molecule has 1 aromatic rings. The van der Waals surface area contributed by atoms with Crippen LogP contribution in [0.1, 0.15) is 47.0 Å². The molecule has 0 aliphatic heterocycles. The maximum Gasteiger partial charge on any atom is 0.367 e. The summed E-state index contributed by atoms with van der Waals surface area (Å²) in [5.74, 6) is -0.727. The lowest BCUT2D eigenvalue weighted by atomic mass is 10.3. The molecule has 0 atom stereocenters. The zero-order chi connectivity index (χ0) is 12.7. The molecule has 0 aromatic carbocycles. The Balaban J connectivity index is 2.55. The lowest BCUT2D eigenvalue weighted by molar-refractivity contribution is 0.0526. The van der Waals surface area contributed by atoms with E-state index in [0.29, 0.717) is 13.2 Å².